The zero-order valence-corrected chi connectivity index (χ0v) is 13.5. The number of aromatic nitrogens is 1. The zero-order valence-electron chi connectivity index (χ0n) is 12.7. The van der Waals surface area contributed by atoms with Crippen LogP contribution >= 0.6 is 11.3 Å². The van der Waals surface area contributed by atoms with Crippen LogP contribution in [-0.2, 0) is 17.9 Å². The Labute approximate surface area is 128 Å². The molecule has 0 aliphatic carbocycles. The number of hydrogen-bond donors (Lipinski definition) is 1. The summed E-state index contributed by atoms with van der Waals surface area (Å²) in [4.78, 5) is 5.86. The molecule has 1 heterocycles. The van der Waals surface area contributed by atoms with Gasteiger partial charge in [0.1, 0.15) is 5.01 Å². The molecule has 1 N–H and O–H groups in total. The minimum absolute atomic E-state index is 0.500. The van der Waals surface area contributed by atoms with Crippen molar-refractivity contribution < 1.29 is 14.2 Å². The third-order valence-corrected chi connectivity index (χ3v) is 4.16. The predicted octanol–water partition coefficient (Wildman–Crippen LogP) is 2.69. The number of methoxy groups -OCH3 is 3. The van der Waals surface area contributed by atoms with E-state index in [4.69, 9.17) is 19.2 Å². The lowest BCUT2D eigenvalue weighted by Gasteiger charge is -2.10. The first-order valence-corrected chi connectivity index (χ1v) is 7.40. The third-order valence-electron chi connectivity index (χ3n) is 3.03. The minimum Gasteiger partial charge on any atom is -0.493 e. The van der Waals surface area contributed by atoms with E-state index in [1.165, 1.54) is 4.88 Å². The second-order valence-electron chi connectivity index (χ2n) is 4.39. The molecule has 0 atom stereocenters. The van der Waals surface area contributed by atoms with Gasteiger partial charge >= 0.3 is 0 Å². The standard InChI is InChI=1S/C15H20N2O3S/c1-16-8-13-11(9-18-2)17-15(21-13)10-6-5-7-12(19-3)14(10)20-4/h5-7,16H,8-9H2,1-4H3. The topological polar surface area (TPSA) is 52.6 Å². The number of nitrogens with one attached hydrogen (secondary N) is 1. The Balaban J connectivity index is 2.48. The van der Waals surface area contributed by atoms with Crippen molar-refractivity contribution in [3.8, 4) is 22.1 Å². The molecule has 21 heavy (non-hydrogen) atoms. The molecule has 2 rings (SSSR count). The number of ether oxygens (including phenoxy) is 3. The maximum atomic E-state index is 5.49. The lowest BCUT2D eigenvalue weighted by molar-refractivity contribution is 0.181. The van der Waals surface area contributed by atoms with Crippen LogP contribution in [0.5, 0.6) is 11.5 Å². The highest BCUT2D eigenvalue weighted by molar-refractivity contribution is 7.15. The smallest absolute Gasteiger partial charge is 0.170 e. The van der Waals surface area contributed by atoms with Gasteiger partial charge in [-0.1, -0.05) is 6.07 Å². The fourth-order valence-electron chi connectivity index (χ4n) is 2.10. The van der Waals surface area contributed by atoms with Crippen LogP contribution in [-0.4, -0.2) is 33.4 Å². The van der Waals surface area contributed by atoms with Crippen LogP contribution in [0.25, 0.3) is 10.6 Å². The monoisotopic (exact) mass is 308 g/mol. The van der Waals surface area contributed by atoms with Gasteiger partial charge in [-0.15, -0.1) is 11.3 Å². The Bertz CT molecular complexity index is 575. The molecule has 1 aromatic carbocycles. The summed E-state index contributed by atoms with van der Waals surface area (Å²) < 4.78 is 16.1. The average Bonchev–Trinajstić information content (AvgIpc) is 2.90. The molecule has 0 amide bonds. The van der Waals surface area contributed by atoms with Crippen molar-refractivity contribution in [1.29, 1.82) is 0 Å². The maximum Gasteiger partial charge on any atom is 0.170 e. The number of rotatable bonds is 7. The first kappa shape index (κ1) is 15.8. The number of thiazole rings is 1. The molecule has 0 spiro atoms. The molecule has 5 nitrogen and oxygen atoms in total. The summed E-state index contributed by atoms with van der Waals surface area (Å²) in [5, 5.41) is 4.06. The van der Waals surface area contributed by atoms with Gasteiger partial charge in [0, 0.05) is 18.5 Å². The van der Waals surface area contributed by atoms with Crippen molar-refractivity contribution in [3.63, 3.8) is 0 Å². The van der Waals surface area contributed by atoms with E-state index < -0.39 is 0 Å². The Hall–Kier alpha value is -1.63. The van der Waals surface area contributed by atoms with E-state index in [1.54, 1.807) is 32.7 Å². The molecule has 0 aliphatic heterocycles. The molecule has 0 saturated heterocycles. The van der Waals surface area contributed by atoms with Crippen molar-refractivity contribution in [3.05, 3.63) is 28.8 Å². The Morgan fingerprint density at radius 1 is 1.19 bits per heavy atom. The van der Waals surface area contributed by atoms with Gasteiger partial charge in [-0.2, -0.15) is 0 Å². The summed E-state index contributed by atoms with van der Waals surface area (Å²) in [6.07, 6.45) is 0. The SMILES string of the molecule is CNCc1sc(-c2cccc(OC)c2OC)nc1COC. The quantitative estimate of drug-likeness (QED) is 0.852. The van der Waals surface area contributed by atoms with E-state index in [0.29, 0.717) is 18.1 Å². The molecule has 0 radical (unpaired) electrons. The molecule has 114 valence electrons. The van der Waals surface area contributed by atoms with Crippen LogP contribution in [0.15, 0.2) is 18.2 Å². The van der Waals surface area contributed by atoms with E-state index in [0.717, 1.165) is 22.8 Å². The summed E-state index contributed by atoms with van der Waals surface area (Å²) in [5.74, 6) is 1.40. The molecule has 1 aromatic heterocycles. The Kier molecular flexibility index (Phi) is 5.55. The summed E-state index contributed by atoms with van der Waals surface area (Å²) in [6.45, 7) is 1.27. The molecular formula is C15H20N2O3S. The summed E-state index contributed by atoms with van der Waals surface area (Å²) in [7, 11) is 6.86. The van der Waals surface area contributed by atoms with E-state index >= 15 is 0 Å². The van der Waals surface area contributed by atoms with Gasteiger partial charge in [0.2, 0.25) is 0 Å². The average molecular weight is 308 g/mol. The number of benzene rings is 1. The summed E-state index contributed by atoms with van der Waals surface area (Å²) in [5.41, 5.74) is 1.89. The fraction of sp³-hybridized carbons (Fsp3) is 0.400. The van der Waals surface area contributed by atoms with Crippen LogP contribution in [0.2, 0.25) is 0 Å². The second kappa shape index (κ2) is 7.40. The summed E-state index contributed by atoms with van der Waals surface area (Å²) in [6, 6.07) is 5.80. The van der Waals surface area contributed by atoms with Crippen molar-refractivity contribution in [2.45, 2.75) is 13.2 Å². The van der Waals surface area contributed by atoms with E-state index in [1.807, 2.05) is 25.2 Å². The number of nitrogens with zero attached hydrogens (tertiary/aromatic N) is 1. The van der Waals surface area contributed by atoms with Crippen LogP contribution in [0.1, 0.15) is 10.6 Å². The largest absolute Gasteiger partial charge is 0.493 e. The highest BCUT2D eigenvalue weighted by Gasteiger charge is 2.17. The molecule has 0 bridgehead atoms. The van der Waals surface area contributed by atoms with Gasteiger partial charge < -0.3 is 19.5 Å². The van der Waals surface area contributed by atoms with Gasteiger partial charge in [0.25, 0.3) is 0 Å². The molecule has 0 fully saturated rings. The number of hydrogen-bond acceptors (Lipinski definition) is 6. The molecule has 0 aliphatic rings. The van der Waals surface area contributed by atoms with Crippen molar-refractivity contribution in [2.75, 3.05) is 28.4 Å². The van der Waals surface area contributed by atoms with E-state index in [-0.39, 0.29) is 0 Å². The normalized spacial score (nSPS) is 10.7. The van der Waals surface area contributed by atoms with Crippen LogP contribution in [0, 0.1) is 0 Å². The fourth-order valence-corrected chi connectivity index (χ4v) is 3.20. The minimum atomic E-state index is 0.500. The maximum absolute atomic E-state index is 5.49. The van der Waals surface area contributed by atoms with Crippen molar-refractivity contribution >= 4 is 11.3 Å². The third kappa shape index (κ3) is 3.34. The molecule has 0 saturated carbocycles. The van der Waals surface area contributed by atoms with Gasteiger partial charge in [-0.05, 0) is 19.2 Å². The second-order valence-corrected chi connectivity index (χ2v) is 5.48. The summed E-state index contributed by atoms with van der Waals surface area (Å²) >= 11 is 1.64. The van der Waals surface area contributed by atoms with Gasteiger partial charge in [0.05, 0.1) is 32.1 Å². The Morgan fingerprint density at radius 2 is 2.00 bits per heavy atom. The van der Waals surface area contributed by atoms with Gasteiger partial charge in [-0.25, -0.2) is 4.98 Å². The first-order valence-electron chi connectivity index (χ1n) is 6.58. The molecule has 6 heteroatoms. The van der Waals surface area contributed by atoms with E-state index in [2.05, 4.69) is 5.32 Å². The lowest BCUT2D eigenvalue weighted by Crippen LogP contribution is -2.06. The first-order chi connectivity index (χ1) is 10.2. The molecule has 2 aromatic rings. The van der Waals surface area contributed by atoms with Gasteiger partial charge in [0.15, 0.2) is 11.5 Å². The molecular weight excluding hydrogens is 288 g/mol. The predicted molar refractivity (Wildman–Crippen MR) is 84.1 cm³/mol. The number of para-hydroxylation sites is 1. The van der Waals surface area contributed by atoms with Crippen molar-refractivity contribution in [1.82, 2.24) is 10.3 Å². The van der Waals surface area contributed by atoms with Crippen LogP contribution in [0.3, 0.4) is 0 Å². The highest BCUT2D eigenvalue weighted by atomic mass is 32.1. The van der Waals surface area contributed by atoms with Crippen molar-refractivity contribution in [2.24, 2.45) is 0 Å². The van der Waals surface area contributed by atoms with Crippen LogP contribution < -0.4 is 14.8 Å². The van der Waals surface area contributed by atoms with E-state index in [9.17, 15) is 0 Å². The molecule has 0 unspecified atom stereocenters. The zero-order chi connectivity index (χ0) is 15.2. The highest BCUT2D eigenvalue weighted by Crippen LogP contribution is 2.40. The lowest BCUT2D eigenvalue weighted by atomic mass is 10.2. The van der Waals surface area contributed by atoms with Crippen LogP contribution in [0.4, 0.5) is 0 Å². The van der Waals surface area contributed by atoms with Gasteiger partial charge in [-0.3, -0.25) is 0 Å². The Morgan fingerprint density at radius 3 is 2.62 bits per heavy atom.